The minimum absolute atomic E-state index is 0.126. The summed E-state index contributed by atoms with van der Waals surface area (Å²) < 4.78 is 22.9. The molecule has 2 rings (SSSR count). The van der Waals surface area contributed by atoms with Gasteiger partial charge in [-0.05, 0) is 42.7 Å². The summed E-state index contributed by atoms with van der Waals surface area (Å²) >= 11 is 0. The third-order valence-corrected chi connectivity index (χ3v) is 5.09. The quantitative estimate of drug-likeness (QED) is 0.853. The van der Waals surface area contributed by atoms with E-state index < -0.39 is 15.9 Å². The van der Waals surface area contributed by atoms with E-state index in [4.69, 9.17) is 0 Å². The number of rotatable bonds is 6. The van der Waals surface area contributed by atoms with Crippen LogP contribution in [0.2, 0.25) is 0 Å². The van der Waals surface area contributed by atoms with Crippen molar-refractivity contribution in [2.45, 2.75) is 30.9 Å². The third-order valence-electron chi connectivity index (χ3n) is 3.97. The fraction of sp³-hybridized carbons (Fsp3) is 0.333. The predicted molar refractivity (Wildman–Crippen MR) is 92.1 cm³/mol. The average molecular weight is 333 g/mol. The molecule has 0 saturated heterocycles. The Hall–Kier alpha value is -1.69. The van der Waals surface area contributed by atoms with E-state index in [0.717, 1.165) is 0 Å². The van der Waals surface area contributed by atoms with Gasteiger partial charge in [-0.3, -0.25) is 0 Å². The van der Waals surface area contributed by atoms with Crippen LogP contribution in [0.15, 0.2) is 53.4 Å². The first-order valence-corrected chi connectivity index (χ1v) is 9.45. The average Bonchev–Trinajstić information content (AvgIpc) is 2.52. The lowest BCUT2D eigenvalue weighted by atomic mass is 10.0. The second-order valence-electron chi connectivity index (χ2n) is 5.84. The molecule has 2 aromatic carbocycles. The van der Waals surface area contributed by atoms with E-state index in [-0.39, 0.29) is 10.9 Å². The zero-order valence-corrected chi connectivity index (χ0v) is 14.5. The van der Waals surface area contributed by atoms with Gasteiger partial charge in [-0.2, -0.15) is 0 Å². The minimum atomic E-state index is -3.21. The van der Waals surface area contributed by atoms with Crippen LogP contribution in [0.25, 0.3) is 0 Å². The van der Waals surface area contributed by atoms with Crippen LogP contribution in [0.4, 0.5) is 0 Å². The molecule has 0 amide bonds. The zero-order chi connectivity index (χ0) is 17.0. The summed E-state index contributed by atoms with van der Waals surface area (Å²) in [7, 11) is -3.21. The fourth-order valence-corrected chi connectivity index (χ4v) is 3.16. The summed E-state index contributed by atoms with van der Waals surface area (Å²) in [6, 6.07) is 14.6. The van der Waals surface area contributed by atoms with Gasteiger partial charge in [0.1, 0.15) is 0 Å². The summed E-state index contributed by atoms with van der Waals surface area (Å²) in [6.07, 6.45) is 0.485. The van der Waals surface area contributed by atoms with Gasteiger partial charge < -0.3 is 10.4 Å². The predicted octanol–water partition coefficient (Wildman–Crippen LogP) is 2.78. The lowest BCUT2D eigenvalue weighted by Crippen LogP contribution is -2.25. The smallest absolute Gasteiger partial charge is 0.175 e. The minimum Gasteiger partial charge on any atom is -0.387 e. The van der Waals surface area contributed by atoms with Gasteiger partial charge in [-0.1, -0.05) is 36.4 Å². The maximum atomic E-state index is 11.4. The van der Waals surface area contributed by atoms with Crippen molar-refractivity contribution in [3.05, 3.63) is 65.2 Å². The molecule has 2 unspecified atom stereocenters. The lowest BCUT2D eigenvalue weighted by Gasteiger charge is -2.19. The molecule has 0 aliphatic rings. The van der Waals surface area contributed by atoms with Gasteiger partial charge in [0.25, 0.3) is 0 Å². The highest BCUT2D eigenvalue weighted by atomic mass is 32.2. The molecule has 0 radical (unpaired) electrons. The van der Waals surface area contributed by atoms with Crippen molar-refractivity contribution in [3.8, 4) is 0 Å². The fourth-order valence-electron chi connectivity index (χ4n) is 2.53. The second kappa shape index (κ2) is 7.25. The van der Waals surface area contributed by atoms with Crippen molar-refractivity contribution < 1.29 is 13.5 Å². The van der Waals surface area contributed by atoms with Gasteiger partial charge in [0.15, 0.2) is 9.84 Å². The van der Waals surface area contributed by atoms with E-state index in [1.807, 2.05) is 12.1 Å². The molecule has 23 heavy (non-hydrogen) atoms. The zero-order valence-electron chi connectivity index (χ0n) is 13.7. The number of aryl methyl sites for hydroxylation is 1. The van der Waals surface area contributed by atoms with E-state index in [0.29, 0.717) is 12.1 Å². The van der Waals surface area contributed by atoms with Crippen molar-refractivity contribution in [1.29, 1.82) is 0 Å². The van der Waals surface area contributed by atoms with Crippen LogP contribution < -0.4 is 5.32 Å². The first-order valence-electron chi connectivity index (χ1n) is 7.56. The summed E-state index contributed by atoms with van der Waals surface area (Å²) in [5.41, 5.74) is 3.11. The molecule has 124 valence electrons. The molecule has 2 N–H and O–H groups in total. The number of aliphatic hydroxyl groups excluding tert-OH is 1. The third kappa shape index (κ3) is 4.64. The van der Waals surface area contributed by atoms with E-state index in [2.05, 4.69) is 31.3 Å². The van der Waals surface area contributed by atoms with Crippen molar-refractivity contribution in [1.82, 2.24) is 5.32 Å². The number of hydrogen-bond donors (Lipinski definition) is 2. The Morgan fingerprint density at radius 3 is 2.26 bits per heavy atom. The van der Waals surface area contributed by atoms with Crippen molar-refractivity contribution in [2.75, 3.05) is 12.8 Å². The van der Waals surface area contributed by atoms with Crippen LogP contribution in [0.3, 0.4) is 0 Å². The highest BCUT2D eigenvalue weighted by Crippen LogP contribution is 2.19. The molecule has 0 fully saturated rings. The topological polar surface area (TPSA) is 66.4 Å². The molecule has 0 aliphatic heterocycles. The molecule has 0 aliphatic carbocycles. The van der Waals surface area contributed by atoms with Crippen LogP contribution in [0, 0.1) is 6.92 Å². The van der Waals surface area contributed by atoms with Crippen molar-refractivity contribution in [3.63, 3.8) is 0 Å². The maximum Gasteiger partial charge on any atom is 0.175 e. The molecular formula is C18H23NO3S. The molecule has 0 heterocycles. The Balaban J connectivity index is 1.99. The molecule has 0 spiro atoms. The van der Waals surface area contributed by atoms with E-state index in [1.165, 1.54) is 29.5 Å². The van der Waals surface area contributed by atoms with E-state index in [1.54, 1.807) is 12.1 Å². The van der Waals surface area contributed by atoms with Gasteiger partial charge in [0, 0.05) is 18.8 Å². The van der Waals surface area contributed by atoms with Crippen LogP contribution in [-0.4, -0.2) is 26.3 Å². The molecule has 0 saturated carbocycles. The van der Waals surface area contributed by atoms with Crippen LogP contribution in [-0.2, 0) is 9.84 Å². The van der Waals surface area contributed by atoms with E-state index >= 15 is 0 Å². The van der Waals surface area contributed by atoms with Gasteiger partial charge in [0.2, 0.25) is 0 Å². The number of sulfone groups is 1. The van der Waals surface area contributed by atoms with Crippen molar-refractivity contribution >= 4 is 9.84 Å². The molecular weight excluding hydrogens is 310 g/mol. The molecule has 0 bridgehead atoms. The Morgan fingerprint density at radius 1 is 1.09 bits per heavy atom. The number of aliphatic hydroxyl groups is 1. The van der Waals surface area contributed by atoms with Crippen molar-refractivity contribution in [2.24, 2.45) is 0 Å². The molecule has 5 heteroatoms. The normalized spacial score (nSPS) is 14.4. The second-order valence-corrected chi connectivity index (χ2v) is 7.86. The first-order chi connectivity index (χ1) is 10.8. The number of benzene rings is 2. The Bertz CT molecular complexity index is 754. The SMILES string of the molecule is Cc1ccccc1C(C)NCC(O)c1ccc(S(C)(=O)=O)cc1. The summed E-state index contributed by atoms with van der Waals surface area (Å²) in [5.74, 6) is 0. The number of nitrogens with one attached hydrogen (secondary N) is 1. The Labute approximate surface area is 138 Å². The van der Waals surface area contributed by atoms with Crippen LogP contribution in [0.5, 0.6) is 0 Å². The standard InChI is InChI=1S/C18H23NO3S/c1-13-6-4-5-7-17(13)14(2)19-12-18(20)15-8-10-16(11-9-15)23(3,21)22/h4-11,14,18-20H,12H2,1-3H3. The Kier molecular flexibility index (Phi) is 5.57. The first kappa shape index (κ1) is 17.7. The summed E-state index contributed by atoms with van der Waals surface area (Å²) in [4.78, 5) is 0.259. The summed E-state index contributed by atoms with van der Waals surface area (Å²) in [5, 5.41) is 13.6. The molecule has 4 nitrogen and oxygen atoms in total. The van der Waals surface area contributed by atoms with Gasteiger partial charge >= 0.3 is 0 Å². The molecule has 0 aromatic heterocycles. The summed E-state index contributed by atoms with van der Waals surface area (Å²) in [6.45, 7) is 4.52. The Morgan fingerprint density at radius 2 is 1.70 bits per heavy atom. The largest absolute Gasteiger partial charge is 0.387 e. The van der Waals surface area contributed by atoms with E-state index in [9.17, 15) is 13.5 Å². The monoisotopic (exact) mass is 333 g/mol. The molecule has 2 atom stereocenters. The van der Waals surface area contributed by atoms with Gasteiger partial charge in [-0.15, -0.1) is 0 Å². The van der Waals surface area contributed by atoms with Gasteiger partial charge in [0.05, 0.1) is 11.0 Å². The highest BCUT2D eigenvalue weighted by Gasteiger charge is 2.13. The lowest BCUT2D eigenvalue weighted by molar-refractivity contribution is 0.170. The van der Waals surface area contributed by atoms with Crippen LogP contribution >= 0.6 is 0 Å². The maximum absolute atomic E-state index is 11.4. The highest BCUT2D eigenvalue weighted by molar-refractivity contribution is 7.90. The van der Waals surface area contributed by atoms with Crippen LogP contribution in [0.1, 0.15) is 35.8 Å². The number of hydrogen-bond acceptors (Lipinski definition) is 4. The molecule has 2 aromatic rings. The van der Waals surface area contributed by atoms with Gasteiger partial charge in [-0.25, -0.2) is 8.42 Å².